The first-order valence-corrected chi connectivity index (χ1v) is 12.0. The molecule has 0 saturated carbocycles. The number of hydrogen-bond donors (Lipinski definition) is 2. The Morgan fingerprint density at radius 3 is 1.61 bits per heavy atom. The fraction of sp³-hybridized carbons (Fsp3) is 0.231. The van der Waals surface area contributed by atoms with Crippen LogP contribution < -0.4 is 16.3 Å². The van der Waals surface area contributed by atoms with Crippen LogP contribution in [0.5, 0.6) is 0 Å². The van der Waals surface area contributed by atoms with Gasteiger partial charge in [0.25, 0.3) is 0 Å². The second-order valence-corrected chi connectivity index (χ2v) is 9.71. The van der Waals surface area contributed by atoms with Gasteiger partial charge in [-0.25, -0.2) is 0 Å². The highest BCUT2D eigenvalue weighted by molar-refractivity contribution is 14.1. The van der Waals surface area contributed by atoms with Crippen LogP contribution >= 0.6 is 22.6 Å². The van der Waals surface area contributed by atoms with Crippen molar-refractivity contribution in [2.45, 2.75) is 41.5 Å². The van der Waals surface area contributed by atoms with Gasteiger partial charge in [0.1, 0.15) is 17.4 Å². The van der Waals surface area contributed by atoms with Crippen LogP contribution in [0.1, 0.15) is 56.8 Å². The second kappa shape index (κ2) is 10.5. The van der Waals surface area contributed by atoms with Gasteiger partial charge in [-0.15, -0.1) is 0 Å². The number of carbonyl (C=O) groups excluding carboxylic acids is 2. The van der Waals surface area contributed by atoms with E-state index >= 15 is 0 Å². The third kappa shape index (κ3) is 4.93. The summed E-state index contributed by atoms with van der Waals surface area (Å²) in [6.45, 7) is 10.1. The molecule has 0 amide bonds. The fourth-order valence-corrected chi connectivity index (χ4v) is 4.47. The van der Waals surface area contributed by atoms with Crippen molar-refractivity contribution >= 4 is 68.7 Å². The number of ketones is 2. The molecule has 0 saturated heterocycles. The highest BCUT2D eigenvalue weighted by Crippen LogP contribution is 2.25. The second-order valence-electron chi connectivity index (χ2n) is 8.55. The van der Waals surface area contributed by atoms with E-state index in [0.717, 1.165) is 23.0 Å². The van der Waals surface area contributed by atoms with E-state index in [0.29, 0.717) is 25.7 Å². The smallest absolute Gasteiger partial charge is 0.464 e. The molecule has 0 spiro atoms. The molecule has 0 unspecified atom stereocenters. The van der Waals surface area contributed by atoms with Crippen molar-refractivity contribution in [3.8, 4) is 0 Å². The monoisotopic (exact) mass is 602 g/mol. The molecule has 0 aliphatic heterocycles. The number of rotatable bonds is 3. The van der Waals surface area contributed by atoms with Gasteiger partial charge in [-0.2, -0.15) is 0 Å². The zero-order valence-corrected chi connectivity index (χ0v) is 22.8. The Labute approximate surface area is 220 Å². The molecule has 2 aromatic heterocycles. The summed E-state index contributed by atoms with van der Waals surface area (Å²) < 4.78 is 11.1. The predicted octanol–water partition coefficient (Wildman–Crippen LogP) is 3.51. The quantitative estimate of drug-likeness (QED) is 0.207. The highest BCUT2D eigenvalue weighted by atomic mass is 127. The molecule has 4 rings (SSSR count). The normalized spacial score (nSPS) is 10.8. The maximum atomic E-state index is 12.2. The molecule has 0 radical (unpaired) electrons. The van der Waals surface area contributed by atoms with E-state index in [2.05, 4.69) is 0 Å². The highest BCUT2D eigenvalue weighted by Gasteiger charge is 2.23. The van der Waals surface area contributed by atoms with Crippen molar-refractivity contribution in [3.05, 3.63) is 82.1 Å². The largest absolute Gasteiger partial charge is 0.495 e. The predicted molar refractivity (Wildman–Crippen MR) is 146 cm³/mol. The van der Waals surface area contributed by atoms with Crippen LogP contribution in [-0.2, 0) is 0 Å². The van der Waals surface area contributed by atoms with E-state index < -0.39 is 12.5 Å². The van der Waals surface area contributed by atoms with Gasteiger partial charge in [0, 0.05) is 11.1 Å². The lowest BCUT2D eigenvalue weighted by Gasteiger charge is -2.10. The number of halogens is 1. The van der Waals surface area contributed by atoms with Crippen molar-refractivity contribution < 1.29 is 28.5 Å². The van der Waals surface area contributed by atoms with Crippen molar-refractivity contribution in [2.24, 2.45) is 0 Å². The van der Waals surface area contributed by atoms with E-state index in [9.17, 15) is 19.2 Å². The molecule has 2 aromatic carbocycles. The number of fused-ring (bicyclic) bond motifs is 2. The summed E-state index contributed by atoms with van der Waals surface area (Å²) in [6.07, 6.45) is 2.43. The summed E-state index contributed by atoms with van der Waals surface area (Å²) in [6, 6.07) is 3.46. The third-order valence-corrected chi connectivity index (χ3v) is 6.88. The van der Waals surface area contributed by atoms with Crippen molar-refractivity contribution in [1.29, 1.82) is 0 Å². The number of aryl methyl sites for hydroxylation is 2. The standard InChI is InChI=1S/C13H13BO5.C13H11IO3/c1-6-4-10-12(11(7(6)2)8(3)15)13(16)9(5-19-10)14(17)18;1-6-4-10-12(11(7(6)2)8(3)15)13(16)9(14)5-17-10/h4-5,17-18H,1-3H3;4-5H,1-3H3. The van der Waals surface area contributed by atoms with Gasteiger partial charge < -0.3 is 18.9 Å². The first-order valence-electron chi connectivity index (χ1n) is 10.9. The average Bonchev–Trinajstić information content (AvgIpc) is 2.79. The Morgan fingerprint density at radius 2 is 1.19 bits per heavy atom. The van der Waals surface area contributed by atoms with Gasteiger partial charge in [-0.05, 0) is 98.5 Å². The molecule has 0 fully saturated rings. The minimum atomic E-state index is -1.93. The minimum Gasteiger partial charge on any atom is -0.464 e. The summed E-state index contributed by atoms with van der Waals surface area (Å²) in [4.78, 5) is 47.8. The topological polar surface area (TPSA) is 135 Å². The Kier molecular flexibility index (Phi) is 8.02. The van der Waals surface area contributed by atoms with Crippen LogP contribution in [0.25, 0.3) is 21.9 Å². The van der Waals surface area contributed by atoms with Gasteiger partial charge in [0.2, 0.25) is 5.43 Å². The molecule has 4 aromatic rings. The molecule has 8 nitrogen and oxygen atoms in total. The average molecular weight is 602 g/mol. The van der Waals surface area contributed by atoms with Crippen LogP contribution in [0, 0.1) is 31.3 Å². The summed E-state index contributed by atoms with van der Waals surface area (Å²) in [7, 11) is -1.93. The van der Waals surface area contributed by atoms with Crippen LogP contribution in [0.3, 0.4) is 0 Å². The zero-order chi connectivity index (χ0) is 27.1. The molecule has 186 valence electrons. The maximum Gasteiger partial charge on any atom is 0.495 e. The van der Waals surface area contributed by atoms with E-state index in [4.69, 9.17) is 18.9 Å². The molecule has 2 heterocycles. The van der Waals surface area contributed by atoms with Crippen molar-refractivity contribution in [1.82, 2.24) is 0 Å². The lowest BCUT2D eigenvalue weighted by atomic mass is 9.80. The fourth-order valence-electron chi connectivity index (χ4n) is 4.08. The summed E-state index contributed by atoms with van der Waals surface area (Å²) in [5.74, 6) is -0.367. The van der Waals surface area contributed by atoms with Gasteiger partial charge in [0.05, 0.1) is 26.1 Å². The molecule has 36 heavy (non-hydrogen) atoms. The minimum absolute atomic E-state index is 0.0983. The Bertz CT molecular complexity index is 1660. The summed E-state index contributed by atoms with van der Waals surface area (Å²) in [5.41, 5.74) is 3.80. The van der Waals surface area contributed by atoms with Gasteiger partial charge in [-0.1, -0.05) is 0 Å². The molecule has 0 aliphatic rings. The lowest BCUT2D eigenvalue weighted by Crippen LogP contribution is -2.41. The first-order chi connectivity index (χ1) is 16.8. The van der Waals surface area contributed by atoms with Crippen LogP contribution in [0.4, 0.5) is 0 Å². The zero-order valence-electron chi connectivity index (χ0n) is 20.6. The van der Waals surface area contributed by atoms with Crippen LogP contribution in [0.15, 0.2) is 43.1 Å². The molecule has 2 N–H and O–H groups in total. The molecular formula is C26H24BIO8. The molecule has 10 heteroatoms. The molecule has 0 atom stereocenters. The van der Waals surface area contributed by atoms with Gasteiger partial charge >= 0.3 is 7.12 Å². The van der Waals surface area contributed by atoms with E-state index in [1.807, 2.05) is 43.4 Å². The number of benzene rings is 2. The third-order valence-electron chi connectivity index (χ3n) is 6.14. The first kappa shape index (κ1) is 27.5. The van der Waals surface area contributed by atoms with Gasteiger partial charge in [-0.3, -0.25) is 19.2 Å². The Morgan fingerprint density at radius 1 is 0.778 bits per heavy atom. The molecular weight excluding hydrogens is 578 g/mol. The van der Waals surface area contributed by atoms with Gasteiger partial charge in [0.15, 0.2) is 17.0 Å². The van der Waals surface area contributed by atoms with E-state index in [1.165, 1.54) is 20.1 Å². The van der Waals surface area contributed by atoms with Crippen molar-refractivity contribution in [3.63, 3.8) is 0 Å². The van der Waals surface area contributed by atoms with Crippen LogP contribution in [0.2, 0.25) is 0 Å². The Balaban J connectivity index is 0.000000202. The van der Waals surface area contributed by atoms with E-state index in [1.54, 1.807) is 19.1 Å². The summed E-state index contributed by atoms with van der Waals surface area (Å²) >= 11 is 1.92. The molecule has 0 bridgehead atoms. The number of hydrogen-bond acceptors (Lipinski definition) is 8. The lowest BCUT2D eigenvalue weighted by molar-refractivity contribution is 0.101. The van der Waals surface area contributed by atoms with E-state index in [-0.39, 0.29) is 39.0 Å². The maximum absolute atomic E-state index is 12.2. The summed E-state index contributed by atoms with van der Waals surface area (Å²) in [5, 5.41) is 18.8. The SMILES string of the molecule is CC(=O)c1c(C)c(C)cc2occ(B(O)O)c(=O)c12.CC(=O)c1c(C)c(C)cc2occ(I)c(=O)c12. The Hall–Kier alpha value is -3.09. The number of Topliss-reactive ketones (excluding diaryl/α,β-unsaturated/α-hetero) is 2. The van der Waals surface area contributed by atoms with Crippen molar-refractivity contribution in [2.75, 3.05) is 0 Å². The number of carbonyl (C=O) groups is 2. The molecule has 0 aliphatic carbocycles. The van der Waals surface area contributed by atoms with Crippen LogP contribution in [-0.4, -0.2) is 28.7 Å².